The van der Waals surface area contributed by atoms with Crippen LogP contribution in [-0.4, -0.2) is 105 Å². The van der Waals surface area contributed by atoms with Crippen LogP contribution in [0.2, 0.25) is 0 Å². The summed E-state index contributed by atoms with van der Waals surface area (Å²) in [5.41, 5.74) is 13.0. The van der Waals surface area contributed by atoms with Gasteiger partial charge in [0.1, 0.15) is 12.3 Å². The lowest BCUT2D eigenvalue weighted by atomic mass is 9.89. The summed E-state index contributed by atoms with van der Waals surface area (Å²) in [4.78, 5) is 0. The quantitative estimate of drug-likeness (QED) is 0.0948. The summed E-state index contributed by atoms with van der Waals surface area (Å²) >= 11 is 0. The Balaban J connectivity index is 1.80. The molecule has 0 amide bonds. The molecule has 0 heterocycles. The van der Waals surface area contributed by atoms with Crippen molar-refractivity contribution in [3.05, 3.63) is 35.9 Å². The highest BCUT2D eigenvalue weighted by Gasteiger charge is 2.33. The van der Waals surface area contributed by atoms with Gasteiger partial charge in [-0.25, -0.2) is 0 Å². The molecule has 0 aliphatic heterocycles. The van der Waals surface area contributed by atoms with Crippen molar-refractivity contribution in [2.75, 3.05) is 46.5 Å². The van der Waals surface area contributed by atoms with Crippen LogP contribution < -0.4 is 22.1 Å². The Morgan fingerprint density at radius 2 is 1.92 bits per heavy atom. The standard InChI is InChI=1S/C26H48N4O6/c1-34-25(18-31)23(33)16-26(28)36-21-7-8-22(30-17-20(32)9-11-27)24(15-21)35-14-13-29-12-10-19-5-3-2-4-6-19/h2-6,20-26,29-33H,7-18,27-28H2,1H3/t20-,21?,22+,23?,24?,25+,26?/m0/s1. The monoisotopic (exact) mass is 512 g/mol. The second-order valence-electron chi connectivity index (χ2n) is 9.51. The molecule has 1 aliphatic rings. The van der Waals surface area contributed by atoms with Crippen LogP contribution in [0, 0.1) is 0 Å². The van der Waals surface area contributed by atoms with Crippen LogP contribution in [0.3, 0.4) is 0 Å². The minimum atomic E-state index is -0.911. The molecule has 0 radical (unpaired) electrons. The number of aliphatic hydroxyl groups excluding tert-OH is 3. The van der Waals surface area contributed by atoms with Crippen LogP contribution >= 0.6 is 0 Å². The lowest BCUT2D eigenvalue weighted by Gasteiger charge is -2.38. The molecule has 1 aromatic carbocycles. The van der Waals surface area contributed by atoms with Crippen molar-refractivity contribution in [3.8, 4) is 0 Å². The van der Waals surface area contributed by atoms with E-state index in [2.05, 4.69) is 22.8 Å². The van der Waals surface area contributed by atoms with Gasteiger partial charge < -0.3 is 51.6 Å². The summed E-state index contributed by atoms with van der Waals surface area (Å²) in [5.74, 6) is 0. The topological polar surface area (TPSA) is 164 Å². The fourth-order valence-corrected chi connectivity index (χ4v) is 4.55. The Bertz CT molecular complexity index is 669. The number of benzene rings is 1. The molecule has 1 aromatic rings. The third-order valence-electron chi connectivity index (χ3n) is 6.66. The maximum atomic E-state index is 10.2. The summed E-state index contributed by atoms with van der Waals surface area (Å²) < 4.78 is 17.4. The van der Waals surface area contributed by atoms with Crippen molar-refractivity contribution in [3.63, 3.8) is 0 Å². The Hall–Kier alpha value is -1.18. The SMILES string of the molecule is CO[C@H](CO)C(O)CC(N)OC1CC[C@@H](NC[C@@H](O)CCN)C(OCCNCCc2ccccc2)C1. The van der Waals surface area contributed by atoms with Gasteiger partial charge in [0.05, 0.1) is 37.6 Å². The number of hydrogen-bond acceptors (Lipinski definition) is 10. The summed E-state index contributed by atoms with van der Waals surface area (Å²) in [5, 5.41) is 36.5. The largest absolute Gasteiger partial charge is 0.394 e. The second kappa shape index (κ2) is 18.1. The average molecular weight is 513 g/mol. The maximum Gasteiger partial charge on any atom is 0.108 e. The first-order valence-corrected chi connectivity index (χ1v) is 13.2. The number of ether oxygens (including phenoxy) is 3. The van der Waals surface area contributed by atoms with Crippen molar-refractivity contribution in [2.45, 2.75) is 81.3 Å². The van der Waals surface area contributed by atoms with E-state index in [9.17, 15) is 15.3 Å². The van der Waals surface area contributed by atoms with Gasteiger partial charge in [-0.1, -0.05) is 30.3 Å². The van der Waals surface area contributed by atoms with Gasteiger partial charge in [-0.05, 0) is 44.3 Å². The van der Waals surface area contributed by atoms with Gasteiger partial charge in [0.25, 0.3) is 0 Å². The summed E-state index contributed by atoms with van der Waals surface area (Å²) in [6.45, 7) is 2.81. The third kappa shape index (κ3) is 11.9. The van der Waals surface area contributed by atoms with Crippen LogP contribution in [0.4, 0.5) is 0 Å². The van der Waals surface area contributed by atoms with E-state index in [1.807, 2.05) is 18.2 Å². The summed E-state index contributed by atoms with van der Waals surface area (Å²) in [6.07, 6.45) is 0.988. The number of hydrogen-bond donors (Lipinski definition) is 7. The first kappa shape index (κ1) is 31.0. The molecule has 9 N–H and O–H groups in total. The number of methoxy groups -OCH3 is 1. The molecule has 0 aromatic heterocycles. The highest BCUT2D eigenvalue weighted by molar-refractivity contribution is 5.14. The van der Waals surface area contributed by atoms with Gasteiger partial charge in [0.15, 0.2) is 0 Å². The first-order chi connectivity index (χ1) is 17.5. The Kier molecular flexibility index (Phi) is 15.6. The van der Waals surface area contributed by atoms with E-state index in [1.165, 1.54) is 12.7 Å². The Labute approximate surface area is 215 Å². The average Bonchev–Trinajstić information content (AvgIpc) is 2.87. The van der Waals surface area contributed by atoms with Gasteiger partial charge in [-0.2, -0.15) is 0 Å². The van der Waals surface area contributed by atoms with Crippen molar-refractivity contribution >= 4 is 0 Å². The highest BCUT2D eigenvalue weighted by atomic mass is 16.5. The van der Waals surface area contributed by atoms with E-state index in [0.717, 1.165) is 32.4 Å². The van der Waals surface area contributed by atoms with E-state index in [1.54, 1.807) is 0 Å². The van der Waals surface area contributed by atoms with Crippen molar-refractivity contribution in [2.24, 2.45) is 11.5 Å². The van der Waals surface area contributed by atoms with E-state index in [0.29, 0.717) is 32.5 Å². The molecule has 1 saturated carbocycles. The number of rotatable bonds is 19. The zero-order chi connectivity index (χ0) is 26.2. The summed E-state index contributed by atoms with van der Waals surface area (Å²) in [6, 6.07) is 10.5. The van der Waals surface area contributed by atoms with Gasteiger partial charge in [-0.3, -0.25) is 0 Å². The van der Waals surface area contributed by atoms with Gasteiger partial charge in [-0.15, -0.1) is 0 Å². The van der Waals surface area contributed by atoms with Gasteiger partial charge >= 0.3 is 0 Å². The molecule has 1 fully saturated rings. The molecule has 10 heteroatoms. The number of nitrogens with one attached hydrogen (secondary N) is 2. The normalized spacial score (nSPS) is 23.8. The van der Waals surface area contributed by atoms with Crippen molar-refractivity contribution < 1.29 is 29.5 Å². The maximum absolute atomic E-state index is 10.2. The molecular weight excluding hydrogens is 464 g/mol. The van der Waals surface area contributed by atoms with Crippen molar-refractivity contribution in [1.29, 1.82) is 0 Å². The molecule has 2 rings (SSSR count). The Morgan fingerprint density at radius 3 is 2.61 bits per heavy atom. The fraction of sp³-hybridized carbons (Fsp3) is 0.769. The van der Waals surface area contributed by atoms with E-state index in [4.69, 9.17) is 25.7 Å². The number of nitrogens with two attached hydrogens (primary N) is 2. The van der Waals surface area contributed by atoms with E-state index in [-0.39, 0.29) is 31.3 Å². The lowest BCUT2D eigenvalue weighted by molar-refractivity contribution is -0.107. The predicted octanol–water partition coefficient (Wildman–Crippen LogP) is -0.516. The molecule has 0 saturated heterocycles. The van der Waals surface area contributed by atoms with E-state index < -0.39 is 24.5 Å². The molecule has 208 valence electrons. The zero-order valence-corrected chi connectivity index (χ0v) is 21.6. The predicted molar refractivity (Wildman–Crippen MR) is 139 cm³/mol. The minimum Gasteiger partial charge on any atom is -0.394 e. The highest BCUT2D eigenvalue weighted by Crippen LogP contribution is 2.25. The molecule has 7 atom stereocenters. The molecule has 10 nitrogen and oxygen atoms in total. The van der Waals surface area contributed by atoms with Crippen LogP contribution in [0.25, 0.3) is 0 Å². The Morgan fingerprint density at radius 1 is 1.14 bits per heavy atom. The van der Waals surface area contributed by atoms with Crippen LogP contribution in [0.5, 0.6) is 0 Å². The van der Waals surface area contributed by atoms with Gasteiger partial charge in [0, 0.05) is 39.1 Å². The first-order valence-electron chi connectivity index (χ1n) is 13.2. The molecule has 1 aliphatic carbocycles. The minimum absolute atomic E-state index is 0.0916. The molecule has 36 heavy (non-hydrogen) atoms. The molecule has 0 bridgehead atoms. The summed E-state index contributed by atoms with van der Waals surface area (Å²) in [7, 11) is 1.44. The lowest BCUT2D eigenvalue weighted by Crippen LogP contribution is -2.51. The van der Waals surface area contributed by atoms with Crippen LogP contribution in [0.1, 0.15) is 37.7 Å². The second-order valence-corrected chi connectivity index (χ2v) is 9.51. The molecular formula is C26H48N4O6. The number of aliphatic hydroxyl groups is 3. The fourth-order valence-electron chi connectivity index (χ4n) is 4.55. The van der Waals surface area contributed by atoms with Crippen LogP contribution in [0.15, 0.2) is 30.3 Å². The van der Waals surface area contributed by atoms with Crippen LogP contribution in [-0.2, 0) is 20.6 Å². The van der Waals surface area contributed by atoms with Crippen molar-refractivity contribution in [1.82, 2.24) is 10.6 Å². The van der Waals surface area contributed by atoms with E-state index >= 15 is 0 Å². The third-order valence-corrected chi connectivity index (χ3v) is 6.66. The zero-order valence-electron chi connectivity index (χ0n) is 21.6. The molecule has 4 unspecified atom stereocenters. The smallest absolute Gasteiger partial charge is 0.108 e. The van der Waals surface area contributed by atoms with Gasteiger partial charge in [0.2, 0.25) is 0 Å². The molecule has 0 spiro atoms.